The summed E-state index contributed by atoms with van der Waals surface area (Å²) in [6, 6.07) is 4.91. The average molecular weight is 312 g/mol. The summed E-state index contributed by atoms with van der Waals surface area (Å²) in [5.74, 6) is 0.697. The highest BCUT2D eigenvalue weighted by Crippen LogP contribution is 2.21. The third kappa shape index (κ3) is 4.43. The molecule has 0 atom stereocenters. The molecule has 1 aliphatic rings. The Kier molecular flexibility index (Phi) is 5.61. The second kappa shape index (κ2) is 7.24. The summed E-state index contributed by atoms with van der Waals surface area (Å²) in [6.07, 6.45) is 3.71. The summed E-state index contributed by atoms with van der Waals surface area (Å²) in [6.45, 7) is 5.21. The van der Waals surface area contributed by atoms with Gasteiger partial charge in [-0.25, -0.2) is 13.1 Å². The van der Waals surface area contributed by atoms with Crippen LogP contribution in [0.25, 0.3) is 0 Å². The lowest BCUT2D eigenvalue weighted by Gasteiger charge is -2.26. The molecular formula is C15H24N2O3S. The van der Waals surface area contributed by atoms with Gasteiger partial charge in [0.15, 0.2) is 0 Å². The highest BCUT2D eigenvalue weighted by Gasteiger charge is 2.16. The van der Waals surface area contributed by atoms with E-state index in [-0.39, 0.29) is 0 Å². The van der Waals surface area contributed by atoms with Gasteiger partial charge in [0.1, 0.15) is 5.75 Å². The second-order valence-electron chi connectivity index (χ2n) is 5.43. The van der Waals surface area contributed by atoms with E-state index in [1.807, 2.05) is 6.92 Å². The van der Waals surface area contributed by atoms with E-state index in [0.717, 1.165) is 25.2 Å². The molecule has 21 heavy (non-hydrogen) atoms. The summed E-state index contributed by atoms with van der Waals surface area (Å²) >= 11 is 0. The Morgan fingerprint density at radius 3 is 2.57 bits per heavy atom. The zero-order chi connectivity index (χ0) is 15.3. The molecule has 0 spiro atoms. The number of ether oxygens (including phenoxy) is 1. The van der Waals surface area contributed by atoms with Crippen molar-refractivity contribution in [3.8, 4) is 5.75 Å². The first kappa shape index (κ1) is 16.3. The number of rotatable bonds is 6. The number of methoxy groups -OCH3 is 1. The molecule has 0 aliphatic carbocycles. The van der Waals surface area contributed by atoms with Crippen LogP contribution in [0, 0.1) is 6.92 Å². The number of piperidine rings is 1. The number of nitrogens with zero attached hydrogens (tertiary/aromatic N) is 1. The molecule has 0 saturated carbocycles. The Bertz CT molecular complexity index is 566. The van der Waals surface area contributed by atoms with Gasteiger partial charge in [-0.1, -0.05) is 6.42 Å². The van der Waals surface area contributed by atoms with Gasteiger partial charge in [-0.15, -0.1) is 0 Å². The van der Waals surface area contributed by atoms with E-state index in [4.69, 9.17) is 4.74 Å². The minimum atomic E-state index is -3.44. The zero-order valence-electron chi connectivity index (χ0n) is 12.8. The lowest BCUT2D eigenvalue weighted by Crippen LogP contribution is -2.37. The Morgan fingerprint density at radius 1 is 1.24 bits per heavy atom. The minimum absolute atomic E-state index is 0.291. The fourth-order valence-corrected chi connectivity index (χ4v) is 3.73. The van der Waals surface area contributed by atoms with Crippen molar-refractivity contribution in [3.05, 3.63) is 23.8 Å². The third-order valence-electron chi connectivity index (χ3n) is 3.85. The van der Waals surface area contributed by atoms with Crippen molar-refractivity contribution < 1.29 is 13.2 Å². The first-order valence-electron chi connectivity index (χ1n) is 7.39. The molecule has 0 aromatic heterocycles. The largest absolute Gasteiger partial charge is 0.496 e. The summed E-state index contributed by atoms with van der Waals surface area (Å²) in [4.78, 5) is 2.60. The van der Waals surface area contributed by atoms with Crippen LogP contribution in [0.15, 0.2) is 23.1 Å². The zero-order valence-corrected chi connectivity index (χ0v) is 13.6. The maximum absolute atomic E-state index is 12.3. The molecule has 1 aliphatic heterocycles. The van der Waals surface area contributed by atoms with Gasteiger partial charge in [-0.3, -0.25) is 0 Å². The Hall–Kier alpha value is -1.11. The molecule has 1 fully saturated rings. The number of hydrogen-bond acceptors (Lipinski definition) is 4. The highest BCUT2D eigenvalue weighted by molar-refractivity contribution is 7.89. The van der Waals surface area contributed by atoms with Crippen LogP contribution in [-0.2, 0) is 10.0 Å². The molecule has 1 saturated heterocycles. The first-order chi connectivity index (χ1) is 10.0. The topological polar surface area (TPSA) is 58.6 Å². The van der Waals surface area contributed by atoms with E-state index in [9.17, 15) is 8.42 Å². The van der Waals surface area contributed by atoms with E-state index in [2.05, 4.69) is 9.62 Å². The molecule has 1 aromatic carbocycles. The van der Waals surface area contributed by atoms with Crippen LogP contribution in [0.5, 0.6) is 5.75 Å². The van der Waals surface area contributed by atoms with Crippen LogP contribution in [0.1, 0.15) is 24.8 Å². The molecule has 1 heterocycles. The maximum Gasteiger partial charge on any atom is 0.240 e. The monoisotopic (exact) mass is 312 g/mol. The van der Waals surface area contributed by atoms with Gasteiger partial charge in [0.25, 0.3) is 0 Å². The number of likely N-dealkylation sites (tertiary alicyclic amines) is 1. The summed E-state index contributed by atoms with van der Waals surface area (Å²) < 4.78 is 32.3. The Labute approximate surface area is 127 Å². The predicted molar refractivity (Wildman–Crippen MR) is 83.2 cm³/mol. The minimum Gasteiger partial charge on any atom is -0.496 e. The molecule has 1 aromatic rings. The number of aryl methyl sites for hydroxylation is 1. The first-order valence-corrected chi connectivity index (χ1v) is 8.88. The standard InChI is InChI=1S/C15H24N2O3S/c1-13-12-14(6-7-15(13)20-2)21(18,19)16-8-11-17-9-4-3-5-10-17/h6-7,12,16H,3-5,8-11H2,1-2H3. The predicted octanol–water partition coefficient (Wildman–Crippen LogP) is 1.77. The van der Waals surface area contributed by atoms with Crippen LogP contribution in [0.3, 0.4) is 0 Å². The van der Waals surface area contributed by atoms with Crippen LogP contribution >= 0.6 is 0 Å². The smallest absolute Gasteiger partial charge is 0.240 e. The highest BCUT2D eigenvalue weighted by atomic mass is 32.2. The van der Waals surface area contributed by atoms with Crippen LogP contribution in [0.2, 0.25) is 0 Å². The van der Waals surface area contributed by atoms with Gasteiger partial charge < -0.3 is 9.64 Å². The van der Waals surface area contributed by atoms with Gasteiger partial charge in [-0.05, 0) is 56.6 Å². The van der Waals surface area contributed by atoms with Gasteiger partial charge in [0.05, 0.1) is 12.0 Å². The summed E-state index contributed by atoms with van der Waals surface area (Å²) in [5, 5.41) is 0. The molecule has 118 valence electrons. The second-order valence-corrected chi connectivity index (χ2v) is 7.20. The van der Waals surface area contributed by atoms with Gasteiger partial charge in [-0.2, -0.15) is 0 Å². The fraction of sp³-hybridized carbons (Fsp3) is 0.600. The third-order valence-corrected chi connectivity index (χ3v) is 5.30. The molecule has 2 rings (SSSR count). The Balaban J connectivity index is 1.93. The fourth-order valence-electron chi connectivity index (χ4n) is 2.62. The lowest BCUT2D eigenvalue weighted by molar-refractivity contribution is 0.233. The van der Waals surface area contributed by atoms with E-state index in [1.165, 1.54) is 19.3 Å². The molecule has 5 nitrogen and oxygen atoms in total. The molecule has 0 amide bonds. The van der Waals surface area contributed by atoms with E-state index < -0.39 is 10.0 Å². The number of sulfonamides is 1. The van der Waals surface area contributed by atoms with E-state index >= 15 is 0 Å². The number of hydrogen-bond donors (Lipinski definition) is 1. The molecule has 1 N–H and O–H groups in total. The van der Waals surface area contributed by atoms with Crippen LogP contribution in [0.4, 0.5) is 0 Å². The molecular weight excluding hydrogens is 288 g/mol. The number of nitrogens with one attached hydrogen (secondary N) is 1. The van der Waals surface area contributed by atoms with Crippen molar-refractivity contribution in [1.29, 1.82) is 0 Å². The van der Waals surface area contributed by atoms with Crippen molar-refractivity contribution in [2.24, 2.45) is 0 Å². The Morgan fingerprint density at radius 2 is 1.95 bits per heavy atom. The number of benzene rings is 1. The van der Waals surface area contributed by atoms with Crippen molar-refractivity contribution >= 4 is 10.0 Å². The van der Waals surface area contributed by atoms with Gasteiger partial charge in [0, 0.05) is 13.1 Å². The summed E-state index contributed by atoms with van der Waals surface area (Å²) in [5.41, 5.74) is 0.816. The normalized spacial score (nSPS) is 16.9. The lowest BCUT2D eigenvalue weighted by atomic mass is 10.1. The quantitative estimate of drug-likeness (QED) is 0.870. The van der Waals surface area contributed by atoms with Crippen molar-refractivity contribution in [2.45, 2.75) is 31.1 Å². The molecule has 6 heteroatoms. The maximum atomic E-state index is 12.3. The van der Waals surface area contributed by atoms with E-state index in [1.54, 1.807) is 25.3 Å². The van der Waals surface area contributed by atoms with Crippen molar-refractivity contribution in [1.82, 2.24) is 9.62 Å². The van der Waals surface area contributed by atoms with Gasteiger partial charge in [0.2, 0.25) is 10.0 Å². The molecule has 0 bridgehead atoms. The van der Waals surface area contributed by atoms with Crippen LogP contribution < -0.4 is 9.46 Å². The SMILES string of the molecule is COc1ccc(S(=O)(=O)NCCN2CCCCC2)cc1C. The molecule has 0 radical (unpaired) electrons. The van der Waals surface area contributed by atoms with Gasteiger partial charge >= 0.3 is 0 Å². The van der Waals surface area contributed by atoms with Crippen LogP contribution in [-0.4, -0.2) is 46.6 Å². The average Bonchev–Trinajstić information content (AvgIpc) is 2.48. The van der Waals surface area contributed by atoms with Crippen molar-refractivity contribution in [2.75, 3.05) is 33.3 Å². The van der Waals surface area contributed by atoms with Crippen molar-refractivity contribution in [3.63, 3.8) is 0 Å². The molecule has 0 unspecified atom stereocenters. The summed E-state index contributed by atoms with van der Waals surface area (Å²) in [7, 11) is -1.86. The van der Waals surface area contributed by atoms with E-state index in [0.29, 0.717) is 17.2 Å².